The highest BCUT2D eigenvalue weighted by atomic mass is 35.5. The molecule has 0 radical (unpaired) electrons. The number of nitrogen functional groups attached to an aromatic ring is 1. The van der Waals surface area contributed by atoms with Gasteiger partial charge in [0.15, 0.2) is 0 Å². The Balaban J connectivity index is 0.00000242. The normalized spacial score (nSPS) is 16.8. The van der Waals surface area contributed by atoms with Gasteiger partial charge in [-0.3, -0.25) is 4.79 Å². The minimum atomic E-state index is -3.30. The molecule has 0 aromatic heterocycles. The molecule has 3 N–H and O–H groups in total. The molecule has 2 rings (SSSR count). The van der Waals surface area contributed by atoms with Crippen LogP contribution in [0.1, 0.15) is 42.7 Å². The Labute approximate surface area is 131 Å². The number of amides is 1. The Morgan fingerprint density at radius 1 is 1.32 bits per heavy atom. The largest absolute Gasteiger partial charge is 0.396 e. The van der Waals surface area contributed by atoms with E-state index in [4.69, 9.17) is 5.73 Å². The third kappa shape index (κ3) is 4.03. The van der Waals surface area contributed by atoms with Gasteiger partial charge >= 0.3 is 0 Å². The Bertz CT molecular complexity index is 552. The number of rotatable bonds is 5. The van der Waals surface area contributed by atoms with Crippen molar-refractivity contribution < 1.29 is 22.4 Å². The van der Waals surface area contributed by atoms with E-state index in [-0.39, 0.29) is 24.0 Å². The zero-order chi connectivity index (χ0) is 15.7. The second-order valence-corrected chi connectivity index (χ2v) is 5.24. The van der Waals surface area contributed by atoms with Crippen molar-refractivity contribution in [1.29, 1.82) is 0 Å². The molecule has 1 fully saturated rings. The van der Waals surface area contributed by atoms with E-state index in [0.717, 1.165) is 24.5 Å². The summed E-state index contributed by atoms with van der Waals surface area (Å²) < 4.78 is 50.7. The molecule has 0 aliphatic heterocycles. The van der Waals surface area contributed by atoms with Crippen molar-refractivity contribution >= 4 is 24.0 Å². The number of carbonyl (C=O) groups is 1. The van der Waals surface area contributed by atoms with Crippen LogP contribution in [0.5, 0.6) is 0 Å². The molecule has 2 atom stereocenters. The van der Waals surface area contributed by atoms with Gasteiger partial charge in [0.25, 0.3) is 6.43 Å². The van der Waals surface area contributed by atoms with E-state index in [2.05, 4.69) is 0 Å². The van der Waals surface area contributed by atoms with Crippen LogP contribution in [0.3, 0.4) is 0 Å². The second-order valence-electron chi connectivity index (χ2n) is 5.24. The first kappa shape index (κ1) is 18.5. The fraction of sp³-hybridized carbons (Fsp3) is 0.500. The van der Waals surface area contributed by atoms with Crippen LogP contribution in [0.4, 0.5) is 23.2 Å². The lowest BCUT2D eigenvalue weighted by atomic mass is 9.91. The van der Waals surface area contributed by atoms with E-state index < -0.39 is 30.4 Å². The maximum Gasteiger partial charge on any atom is 0.287 e. The molecule has 1 aliphatic rings. The van der Waals surface area contributed by atoms with Crippen LogP contribution in [0, 0.1) is 5.82 Å². The summed E-state index contributed by atoms with van der Waals surface area (Å²) in [5, 5.41) is 1.59. The van der Waals surface area contributed by atoms with E-state index in [1.165, 1.54) is 13.0 Å². The molecule has 1 saturated carbocycles. The molecule has 3 nitrogen and oxygen atoms in total. The second kappa shape index (κ2) is 7.17. The number of carbonyl (C=O) groups excluding carboxylic acids is 1. The smallest absolute Gasteiger partial charge is 0.287 e. The molecule has 0 saturated heterocycles. The summed E-state index contributed by atoms with van der Waals surface area (Å²) in [5.41, 5.74) is 6.58. The van der Waals surface area contributed by atoms with Crippen molar-refractivity contribution in [2.45, 2.75) is 44.3 Å². The Morgan fingerprint density at radius 2 is 1.91 bits per heavy atom. The van der Waals surface area contributed by atoms with Crippen molar-refractivity contribution in [2.24, 2.45) is 0 Å². The highest BCUT2D eigenvalue weighted by Gasteiger charge is 2.31. The fourth-order valence-corrected chi connectivity index (χ4v) is 2.21. The average Bonchev–Trinajstić information content (AvgIpc) is 3.24. The van der Waals surface area contributed by atoms with E-state index in [9.17, 15) is 22.4 Å². The van der Waals surface area contributed by atoms with Gasteiger partial charge in [-0.1, -0.05) is 0 Å². The monoisotopic (exact) mass is 340 g/mol. The van der Waals surface area contributed by atoms with Crippen LogP contribution in [-0.2, 0) is 4.79 Å². The zero-order valence-electron chi connectivity index (χ0n) is 11.8. The first-order valence-electron chi connectivity index (χ1n) is 6.62. The number of nitrogens with two attached hydrogens (primary N) is 1. The molecular formula is C14H17ClF4N2O. The first-order valence-corrected chi connectivity index (χ1v) is 6.62. The van der Waals surface area contributed by atoms with Crippen LogP contribution in [-0.4, -0.2) is 18.6 Å². The van der Waals surface area contributed by atoms with Gasteiger partial charge in [-0.05, 0) is 48.9 Å². The summed E-state index contributed by atoms with van der Waals surface area (Å²) in [5.74, 6) is -2.34. The average molecular weight is 341 g/mol. The van der Waals surface area contributed by atoms with Crippen LogP contribution >= 0.6 is 12.4 Å². The number of anilines is 1. The zero-order valence-corrected chi connectivity index (χ0v) is 12.6. The number of hydrogen-bond donors (Lipinski definition) is 2. The molecule has 1 aliphatic carbocycles. The number of halogens is 5. The molecule has 1 aromatic rings. The summed E-state index contributed by atoms with van der Waals surface area (Å²) in [6, 6.07) is 2.59. The van der Waals surface area contributed by atoms with Gasteiger partial charge < -0.3 is 11.1 Å². The Kier molecular flexibility index (Phi) is 6.05. The minimum absolute atomic E-state index is 0. The third-order valence-electron chi connectivity index (χ3n) is 3.58. The number of nitrogens with one attached hydrogen (secondary N) is 1. The summed E-state index contributed by atoms with van der Waals surface area (Å²) in [6.45, 7) is 1.42. The SMILES string of the molecule is CC(C(=O)NC(F)C(F)F)c1cc(F)c(N)cc1C1CC1.Cl. The molecule has 1 amide bonds. The number of hydrogen-bond acceptors (Lipinski definition) is 2. The molecule has 124 valence electrons. The molecule has 22 heavy (non-hydrogen) atoms. The highest BCUT2D eigenvalue weighted by Crippen LogP contribution is 2.44. The molecule has 0 heterocycles. The van der Waals surface area contributed by atoms with E-state index in [1.54, 1.807) is 5.32 Å². The Morgan fingerprint density at radius 3 is 2.41 bits per heavy atom. The summed E-state index contributed by atoms with van der Waals surface area (Å²) in [4.78, 5) is 11.8. The van der Waals surface area contributed by atoms with Crippen molar-refractivity contribution in [3.05, 3.63) is 29.1 Å². The van der Waals surface area contributed by atoms with Gasteiger partial charge in [-0.25, -0.2) is 17.6 Å². The van der Waals surface area contributed by atoms with Gasteiger partial charge in [0, 0.05) is 0 Å². The van der Waals surface area contributed by atoms with Gasteiger partial charge in [-0.15, -0.1) is 12.4 Å². The lowest BCUT2D eigenvalue weighted by Crippen LogP contribution is -2.39. The summed E-state index contributed by atoms with van der Waals surface area (Å²) >= 11 is 0. The Hall–Kier alpha value is -1.50. The number of alkyl halides is 3. The third-order valence-corrected chi connectivity index (χ3v) is 3.58. The molecule has 0 bridgehead atoms. The van der Waals surface area contributed by atoms with Gasteiger partial charge in [-0.2, -0.15) is 0 Å². The van der Waals surface area contributed by atoms with Crippen LogP contribution in [0.15, 0.2) is 12.1 Å². The fourth-order valence-electron chi connectivity index (χ4n) is 2.21. The van der Waals surface area contributed by atoms with Crippen LogP contribution in [0.25, 0.3) is 0 Å². The van der Waals surface area contributed by atoms with Gasteiger partial charge in [0.05, 0.1) is 11.6 Å². The molecule has 1 aromatic carbocycles. The lowest BCUT2D eigenvalue weighted by molar-refractivity contribution is -0.126. The first-order chi connectivity index (χ1) is 9.81. The van der Waals surface area contributed by atoms with E-state index in [0.29, 0.717) is 5.56 Å². The van der Waals surface area contributed by atoms with Crippen LogP contribution in [0.2, 0.25) is 0 Å². The molecule has 0 spiro atoms. The standard InChI is InChI=1S/C14H16F4N2O.ClH/c1-6(14(21)20-13(18)12(16)17)8-4-10(15)11(19)5-9(8)7-2-3-7;/h4-7,12-13H,2-3,19H2,1H3,(H,20,21);1H. The van der Waals surface area contributed by atoms with Crippen molar-refractivity contribution in [3.8, 4) is 0 Å². The van der Waals surface area contributed by atoms with Crippen molar-refractivity contribution in [1.82, 2.24) is 5.32 Å². The van der Waals surface area contributed by atoms with E-state index in [1.807, 2.05) is 0 Å². The van der Waals surface area contributed by atoms with Gasteiger partial charge in [0.1, 0.15) is 5.82 Å². The summed E-state index contributed by atoms with van der Waals surface area (Å²) in [7, 11) is 0. The highest BCUT2D eigenvalue weighted by molar-refractivity contribution is 5.85. The predicted molar refractivity (Wildman–Crippen MR) is 77.5 cm³/mol. The molecular weight excluding hydrogens is 324 g/mol. The minimum Gasteiger partial charge on any atom is -0.396 e. The quantitative estimate of drug-likeness (QED) is 0.490. The predicted octanol–water partition coefficient (Wildman–Crippen LogP) is 3.49. The van der Waals surface area contributed by atoms with Crippen LogP contribution < -0.4 is 11.1 Å². The lowest BCUT2D eigenvalue weighted by Gasteiger charge is -2.18. The maximum absolute atomic E-state index is 13.6. The van der Waals surface area contributed by atoms with E-state index >= 15 is 0 Å². The molecule has 2 unspecified atom stereocenters. The topological polar surface area (TPSA) is 55.1 Å². The van der Waals surface area contributed by atoms with Gasteiger partial charge in [0.2, 0.25) is 12.2 Å². The number of benzene rings is 1. The maximum atomic E-state index is 13.6. The summed E-state index contributed by atoms with van der Waals surface area (Å²) in [6.07, 6.45) is -4.24. The van der Waals surface area contributed by atoms with Crippen molar-refractivity contribution in [2.75, 3.05) is 5.73 Å². The van der Waals surface area contributed by atoms with Crippen molar-refractivity contribution in [3.63, 3.8) is 0 Å². The molecule has 8 heteroatoms.